The zero-order valence-corrected chi connectivity index (χ0v) is 21.3. The number of hydrogen-bond acceptors (Lipinski definition) is 7. The summed E-state index contributed by atoms with van der Waals surface area (Å²) in [4.78, 5) is 32.9. The lowest BCUT2D eigenvalue weighted by Crippen LogP contribution is -2.29. The summed E-state index contributed by atoms with van der Waals surface area (Å²) in [5.74, 6) is -0.415. The molecule has 8 heteroatoms. The minimum atomic E-state index is -0.877. The van der Waals surface area contributed by atoms with Crippen molar-refractivity contribution in [2.45, 2.75) is 26.3 Å². The highest BCUT2D eigenvalue weighted by Gasteiger charge is 2.48. The number of fused-ring (bicyclic) bond motifs is 1. The second-order valence-electron chi connectivity index (χ2n) is 8.52. The summed E-state index contributed by atoms with van der Waals surface area (Å²) < 4.78 is 12.3. The number of benzene rings is 3. The molecule has 1 saturated heterocycles. The van der Waals surface area contributed by atoms with Crippen molar-refractivity contribution in [3.8, 4) is 11.5 Å². The number of aromatic nitrogens is 1. The summed E-state index contributed by atoms with van der Waals surface area (Å²) in [7, 11) is 0. The molecule has 1 aliphatic heterocycles. The van der Waals surface area contributed by atoms with Crippen LogP contribution in [-0.4, -0.2) is 35.0 Å². The first kappa shape index (κ1) is 24.5. The Hall–Kier alpha value is -4.17. The van der Waals surface area contributed by atoms with Gasteiger partial charge in [0.15, 0.2) is 5.13 Å². The Bertz CT molecular complexity index is 1490. The summed E-state index contributed by atoms with van der Waals surface area (Å²) >= 11 is 1.29. The predicted molar refractivity (Wildman–Crippen MR) is 144 cm³/mol. The third kappa shape index (κ3) is 4.68. The van der Waals surface area contributed by atoms with E-state index in [1.54, 1.807) is 30.3 Å². The lowest BCUT2D eigenvalue weighted by Gasteiger charge is -2.23. The Morgan fingerprint density at radius 3 is 2.51 bits per heavy atom. The first-order valence-electron chi connectivity index (χ1n) is 12.1. The van der Waals surface area contributed by atoms with Gasteiger partial charge in [0.25, 0.3) is 5.78 Å². The van der Waals surface area contributed by atoms with Crippen molar-refractivity contribution in [3.05, 3.63) is 89.5 Å². The van der Waals surface area contributed by atoms with Gasteiger partial charge < -0.3 is 14.6 Å². The van der Waals surface area contributed by atoms with E-state index in [4.69, 9.17) is 9.47 Å². The Kier molecular flexibility index (Phi) is 6.92. The third-order valence-corrected chi connectivity index (χ3v) is 7.02. The van der Waals surface area contributed by atoms with E-state index < -0.39 is 17.7 Å². The van der Waals surface area contributed by atoms with E-state index in [0.717, 1.165) is 11.1 Å². The van der Waals surface area contributed by atoms with E-state index in [9.17, 15) is 14.7 Å². The smallest absolute Gasteiger partial charge is 0.301 e. The molecular weight excluding hydrogens is 488 g/mol. The molecule has 4 aromatic rings. The zero-order valence-electron chi connectivity index (χ0n) is 20.5. The first-order chi connectivity index (χ1) is 18.0. The molecule has 1 N–H and O–H groups in total. The fourth-order valence-electron chi connectivity index (χ4n) is 4.34. The number of hydrogen-bond donors (Lipinski definition) is 1. The fraction of sp³-hybridized carbons (Fsp3) is 0.207. The molecule has 1 unspecified atom stereocenters. The topological polar surface area (TPSA) is 89.0 Å². The molecule has 0 bridgehead atoms. The predicted octanol–water partition coefficient (Wildman–Crippen LogP) is 6.11. The molecule has 5 rings (SSSR count). The van der Waals surface area contributed by atoms with Crippen LogP contribution in [0.5, 0.6) is 11.5 Å². The van der Waals surface area contributed by atoms with Crippen LogP contribution < -0.4 is 14.4 Å². The van der Waals surface area contributed by atoms with Crippen molar-refractivity contribution < 1.29 is 24.2 Å². The second-order valence-corrected chi connectivity index (χ2v) is 9.52. The molecule has 1 aromatic heterocycles. The van der Waals surface area contributed by atoms with Crippen LogP contribution in [0.15, 0.2) is 78.4 Å². The molecule has 37 heavy (non-hydrogen) atoms. The summed E-state index contributed by atoms with van der Waals surface area (Å²) in [5, 5.41) is 11.6. The molecule has 1 amide bonds. The summed E-state index contributed by atoms with van der Waals surface area (Å²) in [6, 6.07) is 20.7. The highest BCUT2D eigenvalue weighted by Crippen LogP contribution is 2.45. The van der Waals surface area contributed by atoms with Crippen molar-refractivity contribution in [2.24, 2.45) is 0 Å². The van der Waals surface area contributed by atoms with Gasteiger partial charge in [0, 0.05) is 5.56 Å². The molecule has 0 saturated carbocycles. The number of thiazole rings is 1. The van der Waals surface area contributed by atoms with Crippen molar-refractivity contribution in [2.75, 3.05) is 18.1 Å². The lowest BCUT2D eigenvalue weighted by molar-refractivity contribution is -0.132. The van der Waals surface area contributed by atoms with E-state index in [1.807, 2.05) is 56.3 Å². The molecule has 188 valence electrons. The van der Waals surface area contributed by atoms with Crippen molar-refractivity contribution >= 4 is 44.1 Å². The lowest BCUT2D eigenvalue weighted by atomic mass is 9.95. The maximum atomic E-state index is 13.5. The van der Waals surface area contributed by atoms with Gasteiger partial charge in [0.1, 0.15) is 17.3 Å². The summed E-state index contributed by atoms with van der Waals surface area (Å²) in [6.45, 7) is 4.99. The Balaban J connectivity index is 1.68. The molecule has 2 heterocycles. The van der Waals surface area contributed by atoms with Crippen LogP contribution in [0.2, 0.25) is 0 Å². The molecule has 1 atom stereocenters. The van der Waals surface area contributed by atoms with Crippen molar-refractivity contribution in [1.29, 1.82) is 0 Å². The second kappa shape index (κ2) is 10.4. The Morgan fingerprint density at radius 1 is 0.973 bits per heavy atom. The van der Waals surface area contributed by atoms with Gasteiger partial charge in [-0.15, -0.1) is 0 Å². The quantitative estimate of drug-likeness (QED) is 0.173. The van der Waals surface area contributed by atoms with Gasteiger partial charge in [-0.05, 0) is 49.2 Å². The van der Waals surface area contributed by atoms with Crippen molar-refractivity contribution in [3.63, 3.8) is 0 Å². The molecule has 0 spiro atoms. The maximum absolute atomic E-state index is 13.5. The number of ether oxygens (including phenoxy) is 2. The van der Waals surface area contributed by atoms with E-state index in [1.165, 1.54) is 16.2 Å². The number of carbonyl (C=O) groups is 2. The molecule has 0 radical (unpaired) electrons. The van der Waals surface area contributed by atoms with Crippen LogP contribution in [0.1, 0.15) is 37.4 Å². The average Bonchev–Trinajstić information content (AvgIpc) is 3.45. The number of Topliss-reactive ketones (excluding diaryl/α,β-unsaturated/α-hetero) is 1. The maximum Gasteiger partial charge on any atom is 0.301 e. The van der Waals surface area contributed by atoms with Crippen LogP contribution in [0.4, 0.5) is 5.13 Å². The fourth-order valence-corrected chi connectivity index (χ4v) is 5.36. The number of ketones is 1. The normalized spacial score (nSPS) is 16.9. The minimum Gasteiger partial charge on any atom is -0.507 e. The SMILES string of the molecule is CCCOc1cccc(C2/C(=C(\O)c3ccccc3)C(=O)C(=O)N2c2nc3ccc(OCC)cc3s2)c1. The van der Waals surface area contributed by atoms with E-state index in [-0.39, 0.29) is 11.3 Å². The largest absolute Gasteiger partial charge is 0.507 e. The summed E-state index contributed by atoms with van der Waals surface area (Å²) in [6.07, 6.45) is 0.839. The van der Waals surface area contributed by atoms with E-state index in [0.29, 0.717) is 46.5 Å². The minimum absolute atomic E-state index is 0.0121. The average molecular weight is 515 g/mol. The van der Waals surface area contributed by atoms with Crippen LogP contribution >= 0.6 is 11.3 Å². The van der Waals surface area contributed by atoms with Gasteiger partial charge in [-0.2, -0.15) is 0 Å². The number of amides is 1. The highest BCUT2D eigenvalue weighted by molar-refractivity contribution is 7.22. The molecule has 7 nitrogen and oxygen atoms in total. The highest BCUT2D eigenvalue weighted by atomic mass is 32.1. The monoisotopic (exact) mass is 514 g/mol. The van der Waals surface area contributed by atoms with Gasteiger partial charge in [-0.25, -0.2) is 4.98 Å². The molecular formula is C29H26N2O5S. The molecule has 1 fully saturated rings. The van der Waals surface area contributed by atoms with Crippen LogP contribution in [0.3, 0.4) is 0 Å². The van der Waals surface area contributed by atoms with Crippen LogP contribution in [0, 0.1) is 0 Å². The van der Waals surface area contributed by atoms with Gasteiger partial charge in [-0.1, -0.05) is 60.7 Å². The Labute approximate surface area is 218 Å². The number of rotatable bonds is 8. The Morgan fingerprint density at radius 2 is 1.76 bits per heavy atom. The van der Waals surface area contributed by atoms with Gasteiger partial charge in [0.05, 0.1) is 35.0 Å². The number of aliphatic hydroxyl groups excluding tert-OH is 1. The van der Waals surface area contributed by atoms with E-state index >= 15 is 0 Å². The zero-order chi connectivity index (χ0) is 25.9. The van der Waals surface area contributed by atoms with Gasteiger partial charge >= 0.3 is 5.91 Å². The first-order valence-corrected chi connectivity index (χ1v) is 13.0. The van der Waals surface area contributed by atoms with Gasteiger partial charge in [-0.3, -0.25) is 14.5 Å². The molecule has 1 aliphatic rings. The molecule has 0 aliphatic carbocycles. The number of aliphatic hydroxyl groups is 1. The van der Waals surface area contributed by atoms with Gasteiger partial charge in [0.2, 0.25) is 0 Å². The number of nitrogens with zero attached hydrogens (tertiary/aromatic N) is 2. The van der Waals surface area contributed by atoms with Crippen molar-refractivity contribution in [1.82, 2.24) is 4.98 Å². The van der Waals surface area contributed by atoms with Crippen LogP contribution in [0.25, 0.3) is 16.0 Å². The molecule has 3 aromatic carbocycles. The third-order valence-electron chi connectivity index (χ3n) is 6.00. The summed E-state index contributed by atoms with van der Waals surface area (Å²) in [5.41, 5.74) is 1.79. The standard InChI is InChI=1S/C29H26N2O5S/c1-3-15-36-20-12-8-11-19(16-20)25-24(26(32)18-9-6-5-7-10-18)27(33)28(34)31(25)29-30-22-14-13-21(35-4-2)17-23(22)37-29/h5-14,16-17,25,32H,3-4,15H2,1-2H3/b26-24+. The van der Waals surface area contributed by atoms with Crippen LogP contribution in [-0.2, 0) is 9.59 Å². The number of carbonyl (C=O) groups excluding carboxylic acids is 2. The van der Waals surface area contributed by atoms with E-state index in [2.05, 4.69) is 4.98 Å². The number of anilines is 1.